The number of hydrogen-bond acceptors (Lipinski definition) is 4. The van der Waals surface area contributed by atoms with Crippen molar-refractivity contribution < 1.29 is 9.53 Å². The molecule has 1 aromatic heterocycles. The minimum absolute atomic E-state index is 0.163. The van der Waals surface area contributed by atoms with Crippen molar-refractivity contribution in [3.63, 3.8) is 0 Å². The van der Waals surface area contributed by atoms with Crippen LogP contribution in [0.25, 0.3) is 0 Å². The Labute approximate surface area is 149 Å². The maximum Gasteiger partial charge on any atom is 0.242 e. The standard InChI is InChI=1S/C19H26N4O2/c1-2-25-15-18-5-3-4-17(12-18)13-21-8-10-23(11-9-21)19(24)14-22-7-6-20-16-22/h3-7,12,16H,2,8-11,13-15H2,1H3. The Hall–Kier alpha value is -2.18. The molecule has 0 radical (unpaired) electrons. The average Bonchev–Trinajstić information content (AvgIpc) is 3.14. The van der Waals surface area contributed by atoms with Gasteiger partial charge in [0.1, 0.15) is 6.54 Å². The van der Waals surface area contributed by atoms with Crippen molar-refractivity contribution >= 4 is 5.91 Å². The highest BCUT2D eigenvalue weighted by Crippen LogP contribution is 2.12. The van der Waals surface area contributed by atoms with E-state index in [4.69, 9.17) is 4.74 Å². The molecule has 3 rings (SSSR count). The van der Waals surface area contributed by atoms with Gasteiger partial charge in [-0.1, -0.05) is 24.3 Å². The van der Waals surface area contributed by atoms with Gasteiger partial charge in [0.25, 0.3) is 0 Å². The van der Waals surface area contributed by atoms with Gasteiger partial charge in [0.15, 0.2) is 0 Å². The fourth-order valence-corrected chi connectivity index (χ4v) is 3.09. The molecule has 1 saturated heterocycles. The fraction of sp³-hybridized carbons (Fsp3) is 0.474. The van der Waals surface area contributed by atoms with E-state index < -0.39 is 0 Å². The minimum atomic E-state index is 0.163. The monoisotopic (exact) mass is 342 g/mol. The van der Waals surface area contributed by atoms with Crippen LogP contribution >= 0.6 is 0 Å². The van der Waals surface area contributed by atoms with Crippen molar-refractivity contribution in [2.75, 3.05) is 32.8 Å². The first-order valence-corrected chi connectivity index (χ1v) is 8.86. The first kappa shape index (κ1) is 17.6. The quantitative estimate of drug-likeness (QED) is 0.769. The molecule has 0 saturated carbocycles. The Morgan fingerprint density at radius 1 is 1.20 bits per heavy atom. The number of carbonyl (C=O) groups excluding carboxylic acids is 1. The SMILES string of the molecule is CCOCc1cccc(CN2CCN(C(=O)Cn3ccnc3)CC2)c1. The molecule has 1 aliphatic rings. The molecule has 134 valence electrons. The lowest BCUT2D eigenvalue weighted by molar-refractivity contribution is -0.133. The van der Waals surface area contributed by atoms with Crippen LogP contribution in [-0.2, 0) is 29.2 Å². The number of piperazine rings is 1. The van der Waals surface area contributed by atoms with Crippen molar-refractivity contribution in [2.45, 2.75) is 26.6 Å². The molecule has 25 heavy (non-hydrogen) atoms. The van der Waals surface area contributed by atoms with Crippen molar-refractivity contribution in [2.24, 2.45) is 0 Å². The summed E-state index contributed by atoms with van der Waals surface area (Å²) in [6.07, 6.45) is 5.21. The summed E-state index contributed by atoms with van der Waals surface area (Å²) >= 11 is 0. The predicted molar refractivity (Wildman–Crippen MR) is 95.9 cm³/mol. The van der Waals surface area contributed by atoms with Gasteiger partial charge < -0.3 is 14.2 Å². The third kappa shape index (κ3) is 5.14. The van der Waals surface area contributed by atoms with Gasteiger partial charge in [0.05, 0.1) is 12.9 Å². The lowest BCUT2D eigenvalue weighted by Crippen LogP contribution is -2.49. The molecule has 6 nitrogen and oxygen atoms in total. The van der Waals surface area contributed by atoms with Gasteiger partial charge in [0.2, 0.25) is 5.91 Å². The fourth-order valence-electron chi connectivity index (χ4n) is 3.09. The Morgan fingerprint density at radius 2 is 2.00 bits per heavy atom. The summed E-state index contributed by atoms with van der Waals surface area (Å²) in [4.78, 5) is 20.7. The van der Waals surface area contributed by atoms with Crippen LogP contribution in [-0.4, -0.2) is 58.0 Å². The van der Waals surface area contributed by atoms with Crippen LogP contribution in [0.2, 0.25) is 0 Å². The van der Waals surface area contributed by atoms with E-state index in [1.807, 2.05) is 22.6 Å². The second-order valence-electron chi connectivity index (χ2n) is 6.35. The van der Waals surface area contributed by atoms with Crippen LogP contribution < -0.4 is 0 Å². The van der Waals surface area contributed by atoms with Crippen LogP contribution in [0.5, 0.6) is 0 Å². The number of aromatic nitrogens is 2. The number of nitrogens with zero attached hydrogens (tertiary/aromatic N) is 4. The summed E-state index contributed by atoms with van der Waals surface area (Å²) in [6.45, 7) is 8.09. The molecule has 1 fully saturated rings. The van der Waals surface area contributed by atoms with Crippen molar-refractivity contribution in [1.29, 1.82) is 0 Å². The van der Waals surface area contributed by atoms with Gasteiger partial charge in [-0.2, -0.15) is 0 Å². The van der Waals surface area contributed by atoms with E-state index in [9.17, 15) is 4.79 Å². The number of hydrogen-bond donors (Lipinski definition) is 0. The first-order chi connectivity index (χ1) is 12.2. The van der Waals surface area contributed by atoms with E-state index in [0.717, 1.165) is 39.3 Å². The van der Waals surface area contributed by atoms with Crippen molar-refractivity contribution in [1.82, 2.24) is 19.4 Å². The molecule has 0 aliphatic carbocycles. The van der Waals surface area contributed by atoms with Crippen molar-refractivity contribution in [3.05, 3.63) is 54.1 Å². The highest BCUT2D eigenvalue weighted by Gasteiger charge is 2.21. The van der Waals surface area contributed by atoms with Gasteiger partial charge in [-0.25, -0.2) is 4.98 Å². The van der Waals surface area contributed by atoms with E-state index in [2.05, 4.69) is 34.1 Å². The van der Waals surface area contributed by atoms with E-state index >= 15 is 0 Å². The number of rotatable bonds is 7. The summed E-state index contributed by atoms with van der Waals surface area (Å²) in [5.74, 6) is 0.163. The molecular weight excluding hydrogens is 316 g/mol. The van der Waals surface area contributed by atoms with Gasteiger partial charge in [-0.3, -0.25) is 9.69 Å². The zero-order valence-corrected chi connectivity index (χ0v) is 14.8. The van der Waals surface area contributed by atoms with E-state index in [1.165, 1.54) is 11.1 Å². The molecule has 2 aromatic rings. The Morgan fingerprint density at radius 3 is 2.72 bits per heavy atom. The third-order valence-corrected chi connectivity index (χ3v) is 4.47. The third-order valence-electron chi connectivity index (χ3n) is 4.47. The predicted octanol–water partition coefficient (Wildman–Crippen LogP) is 1.76. The van der Waals surface area contributed by atoms with Gasteiger partial charge in [0, 0.05) is 51.7 Å². The molecular formula is C19H26N4O2. The molecule has 1 aliphatic heterocycles. The van der Waals surface area contributed by atoms with Gasteiger partial charge in [-0.05, 0) is 18.1 Å². The van der Waals surface area contributed by atoms with E-state index in [-0.39, 0.29) is 5.91 Å². The molecule has 0 unspecified atom stereocenters. The molecule has 1 amide bonds. The maximum absolute atomic E-state index is 12.3. The minimum Gasteiger partial charge on any atom is -0.377 e. The second-order valence-corrected chi connectivity index (χ2v) is 6.35. The van der Waals surface area contributed by atoms with Crippen LogP contribution in [0, 0.1) is 0 Å². The Bertz CT molecular complexity index is 664. The van der Waals surface area contributed by atoms with Crippen molar-refractivity contribution in [3.8, 4) is 0 Å². The second kappa shape index (κ2) is 8.78. The summed E-state index contributed by atoms with van der Waals surface area (Å²) in [5, 5.41) is 0. The maximum atomic E-state index is 12.3. The largest absolute Gasteiger partial charge is 0.377 e. The van der Waals surface area contributed by atoms with Gasteiger partial charge >= 0.3 is 0 Å². The van der Waals surface area contributed by atoms with Crippen LogP contribution in [0.1, 0.15) is 18.1 Å². The zero-order chi connectivity index (χ0) is 17.5. The zero-order valence-electron chi connectivity index (χ0n) is 14.8. The summed E-state index contributed by atoms with van der Waals surface area (Å²) in [6, 6.07) is 8.57. The number of imidazole rings is 1. The van der Waals surface area contributed by atoms with Gasteiger partial charge in [-0.15, -0.1) is 0 Å². The smallest absolute Gasteiger partial charge is 0.242 e. The summed E-state index contributed by atoms with van der Waals surface area (Å²) in [7, 11) is 0. The van der Waals surface area contributed by atoms with Crippen LogP contribution in [0.4, 0.5) is 0 Å². The molecule has 2 heterocycles. The highest BCUT2D eigenvalue weighted by molar-refractivity contribution is 5.76. The Kier molecular flexibility index (Phi) is 6.19. The first-order valence-electron chi connectivity index (χ1n) is 8.86. The summed E-state index contributed by atoms with van der Waals surface area (Å²) in [5.41, 5.74) is 2.52. The highest BCUT2D eigenvalue weighted by atomic mass is 16.5. The normalized spacial score (nSPS) is 15.5. The number of amides is 1. The number of benzene rings is 1. The van der Waals surface area contributed by atoms with Crippen LogP contribution in [0.3, 0.4) is 0 Å². The summed E-state index contributed by atoms with van der Waals surface area (Å²) < 4.78 is 7.30. The van der Waals surface area contributed by atoms with Crippen LogP contribution in [0.15, 0.2) is 43.0 Å². The molecule has 0 atom stereocenters. The number of carbonyl (C=O) groups is 1. The lowest BCUT2D eigenvalue weighted by Gasteiger charge is -2.34. The Balaban J connectivity index is 1.47. The molecule has 6 heteroatoms. The van der Waals surface area contributed by atoms with E-state index in [1.54, 1.807) is 12.5 Å². The molecule has 0 spiro atoms. The topological polar surface area (TPSA) is 50.6 Å². The van der Waals surface area contributed by atoms with E-state index in [0.29, 0.717) is 13.2 Å². The molecule has 0 bridgehead atoms. The molecule has 0 N–H and O–H groups in total. The molecule has 1 aromatic carbocycles. The number of ether oxygens (including phenoxy) is 1. The lowest BCUT2D eigenvalue weighted by atomic mass is 10.1. The average molecular weight is 342 g/mol.